The van der Waals surface area contributed by atoms with Gasteiger partial charge in [0.2, 0.25) is 5.91 Å². The highest BCUT2D eigenvalue weighted by Crippen LogP contribution is 2.89. The minimum atomic E-state index is 0.145. The first-order chi connectivity index (χ1) is 15.9. The molecule has 1 aromatic carbocycles. The number of aryl methyl sites for hydroxylation is 2. The number of hydrogen-bond donors (Lipinski definition) is 0. The highest BCUT2D eigenvalue weighted by molar-refractivity contribution is 5.86. The van der Waals surface area contributed by atoms with Gasteiger partial charge in [-0.15, -0.1) is 0 Å². The van der Waals surface area contributed by atoms with Crippen LogP contribution in [0.3, 0.4) is 0 Å². The van der Waals surface area contributed by atoms with Gasteiger partial charge in [-0.1, -0.05) is 6.92 Å². The van der Waals surface area contributed by atoms with Gasteiger partial charge in [-0.05, 0) is 86.1 Å². The van der Waals surface area contributed by atoms with Crippen molar-refractivity contribution in [3.05, 3.63) is 47.3 Å². The first-order valence-corrected chi connectivity index (χ1v) is 12.1. The Balaban J connectivity index is 1.26. The predicted molar refractivity (Wildman–Crippen MR) is 125 cm³/mol. The van der Waals surface area contributed by atoms with Crippen LogP contribution in [0.1, 0.15) is 30.3 Å². The summed E-state index contributed by atoms with van der Waals surface area (Å²) in [5.74, 6) is 6.01. The van der Waals surface area contributed by atoms with E-state index in [1.165, 1.54) is 6.42 Å². The number of fused-ring (bicyclic) bond motifs is 1. The summed E-state index contributed by atoms with van der Waals surface area (Å²) in [6.07, 6.45) is 1.54. The minimum absolute atomic E-state index is 0.145. The molecule has 2 aromatic heterocycles. The standard InChI is InChI=1S/C27H30N4O2/c1-13-10-14(2)31-26(28-13)18(25(29-31)16-6-8-17(33-5)9-7-16)11-20(32)30(4)27-12-19-21-15(3)22(23(19)27)24(21)27/h6-10,15,19,21-24H,11-12H2,1-5H3. The summed E-state index contributed by atoms with van der Waals surface area (Å²) in [6.45, 7) is 6.46. The van der Waals surface area contributed by atoms with Crippen LogP contribution in [0.2, 0.25) is 0 Å². The number of hydrogen-bond acceptors (Lipinski definition) is 4. The minimum Gasteiger partial charge on any atom is -0.497 e. The molecule has 6 nitrogen and oxygen atoms in total. The lowest BCUT2D eigenvalue weighted by Gasteiger charge is -2.69. The number of likely N-dealkylation sites (N-methyl/N-ethyl adjacent to an activating group) is 1. The normalized spacial score (nSPS) is 34.5. The van der Waals surface area contributed by atoms with Crippen LogP contribution >= 0.6 is 0 Å². The fourth-order valence-electron chi connectivity index (χ4n) is 8.57. The third-order valence-electron chi connectivity index (χ3n) is 9.81. The quantitative estimate of drug-likeness (QED) is 0.601. The molecule has 2 heterocycles. The molecular weight excluding hydrogens is 412 g/mol. The molecule has 6 heteroatoms. The molecule has 5 saturated carbocycles. The van der Waals surface area contributed by atoms with Crippen LogP contribution in [-0.4, -0.2) is 45.1 Å². The molecule has 0 radical (unpaired) electrons. The molecule has 0 saturated heterocycles. The molecular formula is C27H30N4O2. The van der Waals surface area contributed by atoms with Gasteiger partial charge >= 0.3 is 0 Å². The lowest BCUT2D eigenvalue weighted by atomic mass is 9.41. The Morgan fingerprint density at radius 3 is 2.61 bits per heavy atom. The predicted octanol–water partition coefficient (Wildman–Crippen LogP) is 3.92. The monoisotopic (exact) mass is 442 g/mol. The second kappa shape index (κ2) is 6.16. The summed E-state index contributed by atoms with van der Waals surface area (Å²) in [7, 11) is 3.72. The second-order valence-electron chi connectivity index (χ2n) is 10.9. The van der Waals surface area contributed by atoms with Gasteiger partial charge in [-0.2, -0.15) is 5.10 Å². The summed E-state index contributed by atoms with van der Waals surface area (Å²) in [5.41, 5.74) is 5.62. The average Bonchev–Trinajstić information content (AvgIpc) is 3.52. The highest BCUT2D eigenvalue weighted by Gasteiger charge is 2.90. The number of amides is 1. The molecule has 170 valence electrons. The summed E-state index contributed by atoms with van der Waals surface area (Å²) < 4.78 is 7.22. The Kier molecular flexibility index (Phi) is 3.65. The van der Waals surface area contributed by atoms with Gasteiger partial charge in [-0.25, -0.2) is 9.50 Å². The molecule has 1 amide bonds. The van der Waals surface area contributed by atoms with Gasteiger partial charge in [0.15, 0.2) is 5.65 Å². The van der Waals surface area contributed by atoms with Crippen LogP contribution in [-0.2, 0) is 11.2 Å². The van der Waals surface area contributed by atoms with Crippen molar-refractivity contribution in [1.82, 2.24) is 19.5 Å². The molecule has 5 aliphatic rings. The number of rotatable bonds is 5. The van der Waals surface area contributed by atoms with E-state index in [4.69, 9.17) is 14.8 Å². The average molecular weight is 443 g/mol. The van der Waals surface area contributed by atoms with Crippen molar-refractivity contribution in [2.75, 3.05) is 14.2 Å². The van der Waals surface area contributed by atoms with Crippen molar-refractivity contribution in [3.8, 4) is 17.0 Å². The fraction of sp³-hybridized carbons (Fsp3) is 0.519. The third kappa shape index (κ3) is 2.13. The number of carbonyl (C=O) groups excluding carboxylic acids is 1. The van der Waals surface area contributed by atoms with Crippen molar-refractivity contribution in [2.45, 2.75) is 39.2 Å². The van der Waals surface area contributed by atoms with E-state index in [1.807, 2.05) is 48.7 Å². The molecule has 0 spiro atoms. The largest absolute Gasteiger partial charge is 0.497 e. The van der Waals surface area contributed by atoms with Crippen molar-refractivity contribution < 1.29 is 9.53 Å². The molecule has 7 atom stereocenters. The third-order valence-corrected chi connectivity index (χ3v) is 9.81. The van der Waals surface area contributed by atoms with Gasteiger partial charge in [-0.3, -0.25) is 4.79 Å². The fourth-order valence-corrected chi connectivity index (χ4v) is 8.57. The van der Waals surface area contributed by atoms with E-state index in [0.717, 1.165) is 75.1 Å². The van der Waals surface area contributed by atoms with Crippen LogP contribution in [0, 0.1) is 49.4 Å². The van der Waals surface area contributed by atoms with E-state index in [1.54, 1.807) is 7.11 Å². The Bertz CT molecular complexity index is 1320. The van der Waals surface area contributed by atoms with E-state index < -0.39 is 0 Å². The zero-order chi connectivity index (χ0) is 22.8. The summed E-state index contributed by atoms with van der Waals surface area (Å²) in [5, 5.41) is 4.91. The lowest BCUT2D eigenvalue weighted by molar-refractivity contribution is -0.208. The van der Waals surface area contributed by atoms with Crippen LogP contribution in [0.4, 0.5) is 0 Å². The molecule has 3 aromatic rings. The Morgan fingerprint density at radius 2 is 1.97 bits per heavy atom. The zero-order valence-corrected chi connectivity index (χ0v) is 19.9. The maximum absolute atomic E-state index is 13.7. The highest BCUT2D eigenvalue weighted by atomic mass is 16.5. The number of benzene rings is 1. The van der Waals surface area contributed by atoms with E-state index in [9.17, 15) is 4.79 Å². The van der Waals surface area contributed by atoms with E-state index in [2.05, 4.69) is 18.9 Å². The topological polar surface area (TPSA) is 59.7 Å². The maximum atomic E-state index is 13.7. The van der Waals surface area contributed by atoms with Crippen LogP contribution in [0.15, 0.2) is 30.3 Å². The smallest absolute Gasteiger partial charge is 0.227 e. The van der Waals surface area contributed by atoms with Gasteiger partial charge in [0.1, 0.15) is 5.75 Å². The van der Waals surface area contributed by atoms with Gasteiger partial charge < -0.3 is 9.64 Å². The molecule has 33 heavy (non-hydrogen) atoms. The number of nitrogens with zero attached hydrogens (tertiary/aromatic N) is 4. The van der Waals surface area contributed by atoms with E-state index in [0.29, 0.717) is 6.42 Å². The number of methoxy groups -OCH3 is 1. The number of aromatic nitrogens is 3. The van der Waals surface area contributed by atoms with Gasteiger partial charge in [0, 0.05) is 35.1 Å². The van der Waals surface area contributed by atoms with Crippen LogP contribution in [0.5, 0.6) is 5.75 Å². The van der Waals surface area contributed by atoms with Crippen LogP contribution < -0.4 is 4.74 Å². The summed E-state index contributed by atoms with van der Waals surface area (Å²) in [4.78, 5) is 20.7. The first kappa shape index (κ1) is 19.6. The lowest BCUT2D eigenvalue weighted by Crippen LogP contribution is -2.75. The summed E-state index contributed by atoms with van der Waals surface area (Å²) >= 11 is 0. The first-order valence-electron chi connectivity index (χ1n) is 12.1. The van der Waals surface area contributed by atoms with Crippen molar-refractivity contribution in [1.29, 1.82) is 0 Å². The molecule has 5 fully saturated rings. The van der Waals surface area contributed by atoms with Gasteiger partial charge in [0.05, 0.1) is 19.2 Å². The van der Waals surface area contributed by atoms with E-state index >= 15 is 0 Å². The molecule has 8 rings (SSSR count). The molecule has 7 unspecified atom stereocenters. The van der Waals surface area contributed by atoms with Crippen molar-refractivity contribution in [3.63, 3.8) is 0 Å². The maximum Gasteiger partial charge on any atom is 0.227 e. The molecule has 6 bridgehead atoms. The van der Waals surface area contributed by atoms with Gasteiger partial charge in [0.25, 0.3) is 0 Å². The molecule has 0 N–H and O–H groups in total. The number of carbonyl (C=O) groups is 1. The number of ether oxygens (including phenoxy) is 1. The van der Waals surface area contributed by atoms with Crippen molar-refractivity contribution in [2.24, 2.45) is 35.5 Å². The summed E-state index contributed by atoms with van der Waals surface area (Å²) in [6, 6.07) is 9.93. The SMILES string of the molecule is COc1ccc(-c2nn3c(C)cc(C)nc3c2CC(=O)N(C)C23CC4C5C(C)C(C42)C53)cc1. The van der Waals surface area contributed by atoms with Crippen molar-refractivity contribution >= 4 is 11.6 Å². The molecule has 0 aliphatic heterocycles. The van der Waals surface area contributed by atoms with Crippen LogP contribution in [0.25, 0.3) is 16.9 Å². The zero-order valence-electron chi connectivity index (χ0n) is 19.9. The second-order valence-corrected chi connectivity index (χ2v) is 10.9. The van der Waals surface area contributed by atoms with E-state index in [-0.39, 0.29) is 11.4 Å². The molecule has 5 aliphatic carbocycles. The Hall–Kier alpha value is -2.89. The Morgan fingerprint density at radius 1 is 1.21 bits per heavy atom. The Labute approximate surface area is 194 Å².